The molecule has 2 atom stereocenters. The van der Waals surface area contributed by atoms with E-state index in [4.69, 9.17) is 46.4 Å². The van der Waals surface area contributed by atoms with Crippen LogP contribution in [0.4, 0.5) is 29.1 Å². The molecule has 0 spiro atoms. The number of pyridine rings is 1. The Morgan fingerprint density at radius 3 is 2.33 bits per heavy atom. The standard InChI is InChI=1S/C23H13Cl4F4N3O2/c24-14-4-2-11(7-13(14)21(35)34-20-16(29)6-10(28)8-32-20)33-22(36)18-17(23(18,26)27)9-1-3-12(19(30)31)15(25)5-9/h1-8,17-19H,(H,33,36)(H,32,34,35)/t17-,18+/m0/s1. The van der Waals surface area contributed by atoms with Gasteiger partial charge in [0.05, 0.1) is 22.7 Å². The van der Waals surface area contributed by atoms with Crippen LogP contribution in [0.5, 0.6) is 0 Å². The van der Waals surface area contributed by atoms with Crippen molar-refractivity contribution in [3.05, 3.63) is 87.0 Å². The zero-order valence-electron chi connectivity index (χ0n) is 17.6. The molecule has 1 aromatic heterocycles. The van der Waals surface area contributed by atoms with Gasteiger partial charge in [-0.1, -0.05) is 35.3 Å². The van der Waals surface area contributed by atoms with E-state index >= 15 is 0 Å². The molecule has 0 unspecified atom stereocenters. The number of carbonyl (C=O) groups is 2. The van der Waals surface area contributed by atoms with Gasteiger partial charge in [-0.15, -0.1) is 23.2 Å². The van der Waals surface area contributed by atoms with Crippen molar-refractivity contribution in [1.82, 2.24) is 4.98 Å². The maximum atomic E-state index is 13.8. The summed E-state index contributed by atoms with van der Waals surface area (Å²) in [6, 6.07) is 8.30. The molecule has 1 fully saturated rings. The number of hydrogen-bond acceptors (Lipinski definition) is 3. The van der Waals surface area contributed by atoms with Crippen LogP contribution in [0.1, 0.15) is 33.8 Å². The Morgan fingerprint density at radius 2 is 1.69 bits per heavy atom. The van der Waals surface area contributed by atoms with Gasteiger partial charge >= 0.3 is 0 Å². The highest BCUT2D eigenvalue weighted by atomic mass is 35.5. The van der Waals surface area contributed by atoms with Crippen molar-refractivity contribution in [2.45, 2.75) is 16.7 Å². The number of carbonyl (C=O) groups excluding carboxylic acids is 2. The number of aromatic nitrogens is 1. The Kier molecular flexibility index (Phi) is 7.39. The van der Waals surface area contributed by atoms with Crippen molar-refractivity contribution in [3.63, 3.8) is 0 Å². The minimum absolute atomic E-state index is 0.0184. The van der Waals surface area contributed by atoms with Crippen LogP contribution in [-0.4, -0.2) is 21.1 Å². The van der Waals surface area contributed by atoms with Crippen LogP contribution in [-0.2, 0) is 4.79 Å². The SMILES string of the molecule is O=C(Nc1ncc(F)cc1F)c1cc(NC(=O)[C@H]2[C@H](c3ccc(C(F)F)c(Cl)c3)C2(Cl)Cl)ccc1Cl. The molecule has 2 N–H and O–H groups in total. The van der Waals surface area contributed by atoms with Gasteiger partial charge in [-0.05, 0) is 29.8 Å². The second-order valence-corrected chi connectivity index (χ2v) is 10.1. The van der Waals surface area contributed by atoms with Crippen molar-refractivity contribution >= 4 is 69.7 Å². The van der Waals surface area contributed by atoms with E-state index in [1.54, 1.807) is 0 Å². The predicted octanol–water partition coefficient (Wildman–Crippen LogP) is 7.38. The van der Waals surface area contributed by atoms with Gasteiger partial charge < -0.3 is 10.6 Å². The molecule has 4 rings (SSSR count). The first-order valence-electron chi connectivity index (χ1n) is 10.1. The number of nitrogens with one attached hydrogen (secondary N) is 2. The van der Waals surface area contributed by atoms with Gasteiger partial charge in [0, 0.05) is 28.3 Å². The molecule has 1 heterocycles. The lowest BCUT2D eigenvalue weighted by atomic mass is 10.1. The van der Waals surface area contributed by atoms with Gasteiger partial charge in [0.1, 0.15) is 10.2 Å². The summed E-state index contributed by atoms with van der Waals surface area (Å²) in [5.41, 5.74) is 0.0479. The second kappa shape index (κ2) is 10.0. The predicted molar refractivity (Wildman–Crippen MR) is 129 cm³/mol. The topological polar surface area (TPSA) is 71.1 Å². The lowest BCUT2D eigenvalue weighted by Crippen LogP contribution is -2.18. The molecule has 2 aromatic carbocycles. The Labute approximate surface area is 221 Å². The highest BCUT2D eigenvalue weighted by Crippen LogP contribution is 2.65. The van der Waals surface area contributed by atoms with Crippen molar-refractivity contribution in [2.24, 2.45) is 5.92 Å². The summed E-state index contributed by atoms with van der Waals surface area (Å²) in [7, 11) is 0. The summed E-state index contributed by atoms with van der Waals surface area (Å²) >= 11 is 24.6. The van der Waals surface area contributed by atoms with E-state index in [0.29, 0.717) is 11.6 Å². The number of alkyl halides is 4. The maximum absolute atomic E-state index is 13.8. The fraction of sp³-hybridized carbons (Fsp3) is 0.174. The largest absolute Gasteiger partial charge is 0.326 e. The molecule has 2 amide bonds. The lowest BCUT2D eigenvalue weighted by Gasteiger charge is -2.10. The number of rotatable bonds is 6. The zero-order valence-corrected chi connectivity index (χ0v) is 20.7. The number of nitrogens with zero attached hydrogens (tertiary/aromatic N) is 1. The van der Waals surface area contributed by atoms with E-state index < -0.39 is 51.9 Å². The number of hydrogen-bond donors (Lipinski definition) is 2. The Balaban J connectivity index is 1.50. The molecule has 3 aromatic rings. The third-order valence-corrected chi connectivity index (χ3v) is 7.07. The third kappa shape index (κ3) is 5.25. The van der Waals surface area contributed by atoms with E-state index in [1.165, 1.54) is 30.3 Å². The monoisotopic (exact) mass is 579 g/mol. The molecular formula is C23H13Cl4F4N3O2. The summed E-state index contributed by atoms with van der Waals surface area (Å²) in [5.74, 6) is -5.69. The molecule has 1 saturated carbocycles. The summed E-state index contributed by atoms with van der Waals surface area (Å²) in [5, 5.41) is 4.54. The fourth-order valence-corrected chi connectivity index (χ4v) is 4.96. The van der Waals surface area contributed by atoms with Crippen molar-refractivity contribution in [3.8, 4) is 0 Å². The van der Waals surface area contributed by atoms with Crippen LogP contribution in [0.25, 0.3) is 0 Å². The lowest BCUT2D eigenvalue weighted by molar-refractivity contribution is -0.117. The Morgan fingerprint density at radius 1 is 0.972 bits per heavy atom. The first-order valence-corrected chi connectivity index (χ1v) is 11.6. The average Bonchev–Trinajstić information content (AvgIpc) is 3.38. The van der Waals surface area contributed by atoms with Crippen LogP contribution >= 0.6 is 46.4 Å². The van der Waals surface area contributed by atoms with E-state index in [1.807, 2.05) is 0 Å². The highest BCUT2D eigenvalue weighted by Gasteiger charge is 2.67. The number of amides is 2. The number of anilines is 2. The quantitative estimate of drug-likeness (QED) is 0.236. The third-order valence-electron chi connectivity index (χ3n) is 5.47. The molecule has 0 radical (unpaired) electrons. The summed E-state index contributed by atoms with van der Waals surface area (Å²) in [6.45, 7) is 0. The molecule has 5 nitrogen and oxygen atoms in total. The second-order valence-electron chi connectivity index (χ2n) is 7.83. The maximum Gasteiger partial charge on any atom is 0.265 e. The van der Waals surface area contributed by atoms with Gasteiger partial charge in [-0.2, -0.15) is 0 Å². The molecule has 0 bridgehead atoms. The van der Waals surface area contributed by atoms with Crippen LogP contribution in [0.3, 0.4) is 0 Å². The number of halogens is 8. The summed E-state index contributed by atoms with van der Waals surface area (Å²) in [4.78, 5) is 29.0. The van der Waals surface area contributed by atoms with Crippen LogP contribution in [0, 0.1) is 17.6 Å². The van der Waals surface area contributed by atoms with Gasteiger partial charge in [0.2, 0.25) is 5.91 Å². The molecule has 0 saturated heterocycles. The van der Waals surface area contributed by atoms with E-state index in [-0.39, 0.29) is 26.9 Å². The normalized spacial score (nSPS) is 18.1. The summed E-state index contributed by atoms with van der Waals surface area (Å²) < 4.78 is 51.3. The molecule has 13 heteroatoms. The van der Waals surface area contributed by atoms with Crippen LogP contribution < -0.4 is 10.6 Å². The van der Waals surface area contributed by atoms with E-state index in [2.05, 4.69) is 15.6 Å². The van der Waals surface area contributed by atoms with Gasteiger partial charge in [0.25, 0.3) is 12.3 Å². The van der Waals surface area contributed by atoms with Crippen LogP contribution in [0.2, 0.25) is 10.0 Å². The zero-order chi connectivity index (χ0) is 26.4. The average molecular weight is 581 g/mol. The van der Waals surface area contributed by atoms with Gasteiger partial charge in [-0.25, -0.2) is 22.5 Å². The first-order chi connectivity index (χ1) is 16.9. The van der Waals surface area contributed by atoms with Gasteiger partial charge in [-0.3, -0.25) is 9.59 Å². The van der Waals surface area contributed by atoms with Crippen molar-refractivity contribution in [2.75, 3.05) is 10.6 Å². The molecule has 36 heavy (non-hydrogen) atoms. The molecule has 188 valence electrons. The molecule has 0 aliphatic heterocycles. The summed E-state index contributed by atoms with van der Waals surface area (Å²) in [6.07, 6.45) is -2.05. The smallest absolute Gasteiger partial charge is 0.265 e. The van der Waals surface area contributed by atoms with Crippen molar-refractivity contribution < 1.29 is 27.2 Å². The van der Waals surface area contributed by atoms with Crippen LogP contribution in [0.15, 0.2) is 48.7 Å². The van der Waals surface area contributed by atoms with Crippen molar-refractivity contribution in [1.29, 1.82) is 0 Å². The fourth-order valence-electron chi connectivity index (χ4n) is 3.66. The minimum atomic E-state index is -2.77. The molecular weight excluding hydrogens is 568 g/mol. The Bertz CT molecular complexity index is 1370. The first kappa shape index (κ1) is 26.5. The number of benzene rings is 2. The minimum Gasteiger partial charge on any atom is -0.326 e. The Hall–Kier alpha value is -2.59. The van der Waals surface area contributed by atoms with E-state index in [9.17, 15) is 27.2 Å². The molecule has 1 aliphatic carbocycles. The van der Waals surface area contributed by atoms with Gasteiger partial charge in [0.15, 0.2) is 11.6 Å². The van der Waals surface area contributed by atoms with E-state index in [0.717, 1.165) is 12.3 Å². The molecule has 1 aliphatic rings. The highest BCUT2D eigenvalue weighted by molar-refractivity contribution is 6.53.